The second-order valence-corrected chi connectivity index (χ2v) is 27.8. The molecule has 11 rings (SSSR count). The van der Waals surface area contributed by atoms with Gasteiger partial charge in [-0.05, 0) is 165 Å². The van der Waals surface area contributed by atoms with Crippen LogP contribution in [-0.4, -0.2) is 26.4 Å². The van der Waals surface area contributed by atoms with Crippen LogP contribution < -0.4 is 18.9 Å². The van der Waals surface area contributed by atoms with Crippen molar-refractivity contribution in [2.24, 2.45) is 0 Å². The number of hydrogen-bond acceptors (Lipinski definition) is 8. The van der Waals surface area contributed by atoms with Gasteiger partial charge in [-0.1, -0.05) is 205 Å². The first-order valence-corrected chi connectivity index (χ1v) is 36.1. The maximum atomic E-state index is 6.47. The Bertz CT molecular complexity index is 3110. The number of unbranched alkanes of at least 4 members (excludes halogenated alkanes) is 20. The van der Waals surface area contributed by atoms with E-state index in [1.807, 2.05) is 45.3 Å². The summed E-state index contributed by atoms with van der Waals surface area (Å²) in [6.45, 7) is 12.1. The molecule has 2 aliphatic carbocycles. The number of rotatable bonds is 36. The molecule has 2 aliphatic rings. The smallest absolute Gasteiger partial charge is 0.119 e. The molecule has 0 N–H and O–H groups in total. The van der Waals surface area contributed by atoms with Crippen LogP contribution >= 0.6 is 45.3 Å². The predicted molar refractivity (Wildman–Crippen MR) is 363 cm³/mol. The van der Waals surface area contributed by atoms with Gasteiger partial charge in [0.25, 0.3) is 0 Å². The lowest BCUT2D eigenvalue weighted by Gasteiger charge is -2.34. The highest BCUT2D eigenvalue weighted by atomic mass is 32.1. The number of thiophene rings is 4. The molecule has 0 atom stereocenters. The van der Waals surface area contributed by atoms with E-state index in [9.17, 15) is 0 Å². The lowest BCUT2D eigenvalue weighted by molar-refractivity contribution is 0.304. The predicted octanol–water partition coefficient (Wildman–Crippen LogP) is 23.9. The van der Waals surface area contributed by atoms with E-state index in [1.54, 1.807) is 0 Å². The Balaban J connectivity index is 0.991. The van der Waals surface area contributed by atoms with Crippen LogP contribution in [0.2, 0.25) is 0 Å². The summed E-state index contributed by atoms with van der Waals surface area (Å²) >= 11 is 7.74. The van der Waals surface area contributed by atoms with Crippen LogP contribution in [0, 0.1) is 0 Å². The van der Waals surface area contributed by atoms with Gasteiger partial charge >= 0.3 is 0 Å². The monoisotopic (exact) mass is 1190 g/mol. The van der Waals surface area contributed by atoms with Gasteiger partial charge in [-0.25, -0.2) is 0 Å². The van der Waals surface area contributed by atoms with Crippen molar-refractivity contribution >= 4 is 65.5 Å². The number of fused-ring (bicyclic) bond motifs is 10. The zero-order chi connectivity index (χ0) is 57.6. The summed E-state index contributed by atoms with van der Waals surface area (Å²) in [4.78, 5) is 5.52. The average molecular weight is 1200 g/mol. The molecule has 442 valence electrons. The van der Waals surface area contributed by atoms with Crippen LogP contribution in [0.5, 0.6) is 23.0 Å². The Labute approximate surface area is 519 Å². The summed E-state index contributed by atoms with van der Waals surface area (Å²) in [5.74, 6) is 3.77. The standard InChI is InChI=1S/C76H90O4S4/c1-5-9-13-17-21-25-47-77-59-37-29-55(30-38-59)75(56-31-39-60(40-32-56)78-48-26-22-18-14-10-6-2)65-45-51-81-71(65)73-69(75)63-53-68-64(54-67(63)83-73)70-74(84-68)72-66(46-52-82-72)76(70,57-33-41-61(42-34-57)79-49-27-23-19-15-11-7-3)58-35-43-62(44-36-58)80-50-28-24-20-16-12-8-4/h29-46,51-54H,5-28,47-50H2,1-4H3. The third-order valence-electron chi connectivity index (χ3n) is 18.0. The zero-order valence-electron chi connectivity index (χ0n) is 50.8. The average Bonchev–Trinajstić information content (AvgIpc) is 2.01. The molecule has 4 heterocycles. The molecule has 0 amide bonds. The third-order valence-corrected chi connectivity index (χ3v) is 22.5. The van der Waals surface area contributed by atoms with Crippen LogP contribution in [0.25, 0.3) is 39.7 Å². The van der Waals surface area contributed by atoms with Gasteiger partial charge in [-0.15, -0.1) is 45.3 Å². The fraction of sp³-hybridized carbons (Fsp3) is 0.447. The van der Waals surface area contributed by atoms with E-state index in [2.05, 4.69) is 160 Å². The topological polar surface area (TPSA) is 36.9 Å². The van der Waals surface area contributed by atoms with Crippen LogP contribution in [0.1, 0.15) is 226 Å². The molecule has 0 fully saturated rings. The largest absolute Gasteiger partial charge is 0.494 e. The zero-order valence-corrected chi connectivity index (χ0v) is 54.0. The summed E-state index contributed by atoms with van der Waals surface area (Å²) in [5.41, 5.74) is 9.51. The molecule has 8 heteroatoms. The maximum absolute atomic E-state index is 6.47. The molecule has 0 bridgehead atoms. The first kappa shape index (κ1) is 60.3. The van der Waals surface area contributed by atoms with E-state index < -0.39 is 10.8 Å². The molecule has 5 aromatic carbocycles. The van der Waals surface area contributed by atoms with E-state index >= 15 is 0 Å². The first-order chi connectivity index (χ1) is 41.5. The van der Waals surface area contributed by atoms with Gasteiger partial charge in [0.05, 0.1) is 47.0 Å². The summed E-state index contributed by atoms with van der Waals surface area (Å²) in [7, 11) is 0. The van der Waals surface area contributed by atoms with Crippen molar-refractivity contribution in [1.82, 2.24) is 0 Å². The molecule has 0 saturated heterocycles. The summed E-state index contributed by atoms with van der Waals surface area (Å²) in [6, 6.07) is 46.7. The minimum Gasteiger partial charge on any atom is -0.494 e. The summed E-state index contributed by atoms with van der Waals surface area (Å²) in [6.07, 6.45) is 29.9. The highest BCUT2D eigenvalue weighted by molar-refractivity contribution is 7.28. The van der Waals surface area contributed by atoms with Gasteiger partial charge in [0, 0.05) is 19.2 Å². The van der Waals surface area contributed by atoms with Crippen LogP contribution in [0.4, 0.5) is 0 Å². The number of ether oxygens (including phenoxy) is 4. The summed E-state index contributed by atoms with van der Waals surface area (Å²) < 4.78 is 28.5. The molecule has 84 heavy (non-hydrogen) atoms. The molecule has 0 radical (unpaired) electrons. The third kappa shape index (κ3) is 12.6. The SMILES string of the molecule is CCCCCCCCOc1ccc(C2(c3ccc(OCCCCCCCC)cc3)c3ccsc3-c3sc4cc5c6c(sc5cc4c32)-c2sccc2C6(c2ccc(OCCCCCCCC)cc2)c2ccc(OCCCCCCCC)cc2)cc1. The van der Waals surface area contributed by atoms with Gasteiger partial charge in [-0.3, -0.25) is 0 Å². The Kier molecular flexibility index (Phi) is 21.1. The molecule has 9 aromatic rings. The van der Waals surface area contributed by atoms with E-state index in [-0.39, 0.29) is 0 Å². The van der Waals surface area contributed by atoms with Crippen molar-refractivity contribution in [3.63, 3.8) is 0 Å². The van der Waals surface area contributed by atoms with Crippen molar-refractivity contribution in [2.45, 2.75) is 193 Å². The number of benzene rings is 5. The minimum atomic E-state index is -0.547. The quantitative estimate of drug-likeness (QED) is 0.0367. The van der Waals surface area contributed by atoms with Crippen LogP contribution in [0.3, 0.4) is 0 Å². The van der Waals surface area contributed by atoms with Gasteiger partial charge in [0.1, 0.15) is 23.0 Å². The molecule has 0 aliphatic heterocycles. The van der Waals surface area contributed by atoms with Crippen LogP contribution in [0.15, 0.2) is 132 Å². The second kappa shape index (κ2) is 29.3. The van der Waals surface area contributed by atoms with Crippen molar-refractivity contribution in [3.8, 4) is 42.5 Å². The molecule has 4 nitrogen and oxygen atoms in total. The lowest BCUT2D eigenvalue weighted by Crippen LogP contribution is -2.28. The highest BCUT2D eigenvalue weighted by Gasteiger charge is 2.52. The minimum absolute atomic E-state index is 0.547. The van der Waals surface area contributed by atoms with Gasteiger partial charge in [0.15, 0.2) is 0 Å². The lowest BCUT2D eigenvalue weighted by atomic mass is 9.67. The van der Waals surface area contributed by atoms with E-state index in [4.69, 9.17) is 18.9 Å². The van der Waals surface area contributed by atoms with E-state index in [1.165, 1.54) is 213 Å². The molecular formula is C76H90O4S4. The highest BCUT2D eigenvalue weighted by Crippen LogP contribution is 2.66. The molecule has 0 spiro atoms. The maximum Gasteiger partial charge on any atom is 0.119 e. The Morgan fingerprint density at radius 3 is 0.833 bits per heavy atom. The van der Waals surface area contributed by atoms with Crippen LogP contribution in [-0.2, 0) is 10.8 Å². The van der Waals surface area contributed by atoms with E-state index in [0.29, 0.717) is 0 Å². The van der Waals surface area contributed by atoms with Crippen molar-refractivity contribution in [3.05, 3.63) is 177 Å². The molecule has 0 unspecified atom stereocenters. The fourth-order valence-corrected chi connectivity index (χ4v) is 18.4. The fourth-order valence-electron chi connectivity index (χ4n) is 13.6. The van der Waals surface area contributed by atoms with E-state index in [0.717, 1.165) is 75.1 Å². The molecular weight excluding hydrogens is 1110 g/mol. The Morgan fingerprint density at radius 1 is 0.298 bits per heavy atom. The van der Waals surface area contributed by atoms with Gasteiger partial charge in [-0.2, -0.15) is 0 Å². The molecule has 4 aromatic heterocycles. The summed E-state index contributed by atoms with van der Waals surface area (Å²) in [5, 5.41) is 7.31. The van der Waals surface area contributed by atoms with Crippen molar-refractivity contribution < 1.29 is 18.9 Å². The van der Waals surface area contributed by atoms with Crippen molar-refractivity contribution in [1.29, 1.82) is 0 Å². The molecule has 0 saturated carbocycles. The second-order valence-electron chi connectivity index (χ2n) is 23.8. The van der Waals surface area contributed by atoms with Crippen molar-refractivity contribution in [2.75, 3.05) is 26.4 Å². The van der Waals surface area contributed by atoms with Gasteiger partial charge < -0.3 is 18.9 Å². The van der Waals surface area contributed by atoms with Gasteiger partial charge in [0.2, 0.25) is 0 Å². The first-order valence-electron chi connectivity index (χ1n) is 32.7. The Morgan fingerprint density at radius 2 is 0.560 bits per heavy atom. The number of hydrogen-bond donors (Lipinski definition) is 0. The normalized spacial score (nSPS) is 13.6. The Hall–Kier alpha value is -5.38.